The molecular formula is C15H13N3O3S. The number of allylic oxidation sites excluding steroid dienone is 1. The number of non-ortho nitro benzene ring substituents is 1. The summed E-state index contributed by atoms with van der Waals surface area (Å²) in [7, 11) is 0. The zero-order valence-electron chi connectivity index (χ0n) is 11.6. The smallest absolute Gasteiger partial charge is 0.269 e. The minimum atomic E-state index is -0.491. The lowest BCUT2D eigenvalue weighted by atomic mass is 9.87. The summed E-state index contributed by atoms with van der Waals surface area (Å²) in [6, 6.07) is 8.18. The van der Waals surface area contributed by atoms with Gasteiger partial charge in [0.2, 0.25) is 5.91 Å². The van der Waals surface area contributed by atoms with E-state index >= 15 is 0 Å². The van der Waals surface area contributed by atoms with Gasteiger partial charge in [0, 0.05) is 30.2 Å². The van der Waals surface area contributed by atoms with E-state index in [0.29, 0.717) is 21.9 Å². The maximum absolute atomic E-state index is 11.9. The van der Waals surface area contributed by atoms with Gasteiger partial charge < -0.3 is 5.32 Å². The Labute approximate surface area is 131 Å². The lowest BCUT2D eigenvalue weighted by molar-refractivity contribution is -0.384. The van der Waals surface area contributed by atoms with E-state index < -0.39 is 10.8 Å². The van der Waals surface area contributed by atoms with Crippen molar-refractivity contribution < 1.29 is 9.72 Å². The summed E-state index contributed by atoms with van der Waals surface area (Å²) >= 11 is 1.32. The van der Waals surface area contributed by atoms with Gasteiger partial charge in [0.05, 0.1) is 21.6 Å². The standard InChI is InChI=1S/C15H13N3O3S/c1-2-6-22-15-13(9-16)12(8-14(19)17-15)10-4-3-5-11(7-10)18(20)21/h2-5,7,12H,1,6,8H2,(H,17,19)/t12-/m1/s1. The molecule has 1 aromatic carbocycles. The fourth-order valence-electron chi connectivity index (χ4n) is 2.22. The molecule has 1 aliphatic rings. The van der Waals surface area contributed by atoms with Crippen molar-refractivity contribution in [2.45, 2.75) is 12.3 Å². The molecule has 0 saturated heterocycles. The number of carbonyl (C=O) groups excluding carboxylic acids is 1. The van der Waals surface area contributed by atoms with Crippen molar-refractivity contribution in [3.05, 3.63) is 63.2 Å². The molecule has 2 rings (SSSR count). The predicted octanol–water partition coefficient (Wildman–Crippen LogP) is 2.85. The summed E-state index contributed by atoms with van der Waals surface area (Å²) in [5.41, 5.74) is 0.963. The number of hydrogen-bond donors (Lipinski definition) is 1. The van der Waals surface area contributed by atoms with E-state index in [0.717, 1.165) is 0 Å². The molecule has 1 heterocycles. The summed E-state index contributed by atoms with van der Waals surface area (Å²) in [6.45, 7) is 3.61. The van der Waals surface area contributed by atoms with Gasteiger partial charge in [0.15, 0.2) is 0 Å². The van der Waals surface area contributed by atoms with Crippen molar-refractivity contribution in [1.29, 1.82) is 5.26 Å². The van der Waals surface area contributed by atoms with E-state index in [1.807, 2.05) is 0 Å². The Morgan fingerprint density at radius 3 is 3.00 bits per heavy atom. The maximum atomic E-state index is 11.9. The van der Waals surface area contributed by atoms with Crippen LogP contribution in [-0.4, -0.2) is 16.6 Å². The summed E-state index contributed by atoms with van der Waals surface area (Å²) in [5, 5.41) is 23.5. The van der Waals surface area contributed by atoms with Crippen molar-refractivity contribution in [3.63, 3.8) is 0 Å². The second kappa shape index (κ2) is 6.91. The fourth-order valence-corrected chi connectivity index (χ4v) is 3.03. The number of hydrogen-bond acceptors (Lipinski definition) is 5. The topological polar surface area (TPSA) is 96.0 Å². The van der Waals surface area contributed by atoms with E-state index in [-0.39, 0.29) is 18.0 Å². The number of nitrogens with one attached hydrogen (secondary N) is 1. The Hall–Kier alpha value is -2.59. The highest BCUT2D eigenvalue weighted by Crippen LogP contribution is 2.36. The molecule has 0 bridgehead atoms. The largest absolute Gasteiger partial charge is 0.320 e. The molecule has 1 aliphatic heterocycles. The molecule has 0 fully saturated rings. The van der Waals surface area contributed by atoms with Crippen LogP contribution in [0, 0.1) is 21.4 Å². The minimum Gasteiger partial charge on any atom is -0.320 e. The van der Waals surface area contributed by atoms with Gasteiger partial charge in [0.1, 0.15) is 0 Å². The van der Waals surface area contributed by atoms with Crippen LogP contribution in [0.2, 0.25) is 0 Å². The molecule has 1 N–H and O–H groups in total. The third-order valence-corrected chi connectivity index (χ3v) is 4.20. The molecule has 112 valence electrons. The highest BCUT2D eigenvalue weighted by molar-refractivity contribution is 8.03. The zero-order valence-corrected chi connectivity index (χ0v) is 12.4. The van der Waals surface area contributed by atoms with Gasteiger partial charge in [-0.05, 0) is 5.56 Å². The molecule has 1 atom stereocenters. The van der Waals surface area contributed by atoms with Crippen LogP contribution < -0.4 is 5.32 Å². The molecule has 22 heavy (non-hydrogen) atoms. The number of thioether (sulfide) groups is 1. The maximum Gasteiger partial charge on any atom is 0.269 e. The summed E-state index contributed by atoms with van der Waals surface area (Å²) in [4.78, 5) is 22.3. The van der Waals surface area contributed by atoms with Gasteiger partial charge >= 0.3 is 0 Å². The van der Waals surface area contributed by atoms with E-state index in [2.05, 4.69) is 18.0 Å². The lowest BCUT2D eigenvalue weighted by Crippen LogP contribution is -2.30. The van der Waals surface area contributed by atoms with Gasteiger partial charge in [-0.2, -0.15) is 5.26 Å². The SMILES string of the molecule is C=CCSC1=C(C#N)[C@@H](c2cccc([N+](=O)[O-])c2)CC(=O)N1. The number of amides is 1. The first-order valence-corrected chi connectivity index (χ1v) is 7.47. The molecule has 1 aromatic rings. The monoisotopic (exact) mass is 315 g/mol. The Morgan fingerprint density at radius 1 is 1.59 bits per heavy atom. The highest BCUT2D eigenvalue weighted by atomic mass is 32.2. The normalized spacial score (nSPS) is 17.6. The Balaban J connectivity index is 2.45. The molecule has 7 heteroatoms. The number of benzene rings is 1. The number of nitrogens with zero attached hydrogens (tertiary/aromatic N) is 2. The Morgan fingerprint density at radius 2 is 2.36 bits per heavy atom. The summed E-state index contributed by atoms with van der Waals surface area (Å²) in [6.07, 6.45) is 1.78. The average molecular weight is 315 g/mol. The fraction of sp³-hybridized carbons (Fsp3) is 0.200. The van der Waals surface area contributed by atoms with Crippen molar-refractivity contribution in [1.82, 2.24) is 5.32 Å². The predicted molar refractivity (Wildman–Crippen MR) is 83.9 cm³/mol. The average Bonchev–Trinajstić information content (AvgIpc) is 2.52. The van der Waals surface area contributed by atoms with Gasteiger partial charge in [-0.1, -0.05) is 18.2 Å². The van der Waals surface area contributed by atoms with Gasteiger partial charge in [-0.25, -0.2) is 0 Å². The van der Waals surface area contributed by atoms with E-state index in [9.17, 15) is 20.2 Å². The highest BCUT2D eigenvalue weighted by Gasteiger charge is 2.30. The van der Waals surface area contributed by atoms with Gasteiger partial charge in [0.25, 0.3) is 5.69 Å². The molecule has 0 aromatic heterocycles. The van der Waals surface area contributed by atoms with Crippen molar-refractivity contribution in [2.24, 2.45) is 0 Å². The van der Waals surface area contributed by atoms with Crippen LogP contribution in [0.5, 0.6) is 0 Å². The number of rotatable bonds is 5. The summed E-state index contributed by atoms with van der Waals surface area (Å²) in [5.74, 6) is -0.115. The van der Waals surface area contributed by atoms with E-state index in [4.69, 9.17) is 0 Å². The van der Waals surface area contributed by atoms with Crippen LogP contribution in [0.3, 0.4) is 0 Å². The first-order valence-electron chi connectivity index (χ1n) is 6.49. The number of nitro benzene ring substituents is 1. The molecule has 0 aliphatic carbocycles. The molecule has 0 saturated carbocycles. The molecule has 6 nitrogen and oxygen atoms in total. The van der Waals surface area contributed by atoms with E-state index in [1.54, 1.807) is 18.2 Å². The van der Waals surface area contributed by atoms with Crippen molar-refractivity contribution in [3.8, 4) is 6.07 Å². The molecule has 1 amide bonds. The first kappa shape index (κ1) is 15.8. The lowest BCUT2D eigenvalue weighted by Gasteiger charge is -2.24. The molecule has 0 unspecified atom stereocenters. The van der Waals surface area contributed by atoms with Crippen molar-refractivity contribution >= 4 is 23.4 Å². The quantitative estimate of drug-likeness (QED) is 0.512. The third-order valence-electron chi connectivity index (χ3n) is 3.18. The number of nitro groups is 1. The molecule has 0 spiro atoms. The Bertz CT molecular complexity index is 706. The minimum absolute atomic E-state index is 0.0546. The van der Waals surface area contributed by atoms with Crippen LogP contribution in [0.15, 0.2) is 47.5 Å². The van der Waals surface area contributed by atoms with Gasteiger partial charge in [-0.3, -0.25) is 14.9 Å². The summed E-state index contributed by atoms with van der Waals surface area (Å²) < 4.78 is 0. The number of carbonyl (C=O) groups is 1. The van der Waals surface area contributed by atoms with Crippen LogP contribution in [0.4, 0.5) is 5.69 Å². The van der Waals surface area contributed by atoms with E-state index in [1.165, 1.54) is 23.9 Å². The molecular weight excluding hydrogens is 302 g/mol. The van der Waals surface area contributed by atoms with Crippen LogP contribution >= 0.6 is 11.8 Å². The van der Waals surface area contributed by atoms with Gasteiger partial charge in [-0.15, -0.1) is 18.3 Å². The van der Waals surface area contributed by atoms with Crippen LogP contribution in [0.25, 0.3) is 0 Å². The molecule has 0 radical (unpaired) electrons. The zero-order chi connectivity index (χ0) is 16.1. The Kier molecular flexibility index (Phi) is 4.96. The number of nitriles is 1. The van der Waals surface area contributed by atoms with Crippen LogP contribution in [0.1, 0.15) is 17.9 Å². The second-order valence-electron chi connectivity index (χ2n) is 4.61. The first-order chi connectivity index (χ1) is 10.6. The van der Waals surface area contributed by atoms with Crippen molar-refractivity contribution in [2.75, 3.05) is 5.75 Å². The second-order valence-corrected chi connectivity index (χ2v) is 5.64. The third kappa shape index (κ3) is 3.35. The van der Waals surface area contributed by atoms with Crippen LogP contribution in [-0.2, 0) is 4.79 Å².